The van der Waals surface area contributed by atoms with Gasteiger partial charge in [-0.25, -0.2) is 13.1 Å². The summed E-state index contributed by atoms with van der Waals surface area (Å²) in [5.41, 5.74) is 4.49. The molecule has 7 nitrogen and oxygen atoms in total. The van der Waals surface area contributed by atoms with Crippen molar-refractivity contribution in [3.63, 3.8) is 0 Å². The number of rotatable bonds is 6. The monoisotopic (exact) mass is 353 g/mol. The van der Waals surface area contributed by atoms with Crippen molar-refractivity contribution in [1.82, 2.24) is 15.6 Å². The number of sulfonamides is 1. The predicted molar refractivity (Wildman–Crippen MR) is 86.2 cm³/mol. The normalized spacial score (nSPS) is 11.0. The lowest BCUT2D eigenvalue weighted by molar-refractivity contribution is -0.121. The van der Waals surface area contributed by atoms with Crippen LogP contribution < -0.4 is 15.6 Å². The van der Waals surface area contributed by atoms with Crippen LogP contribution in [0.1, 0.15) is 16.1 Å². The molecule has 2 amide bonds. The summed E-state index contributed by atoms with van der Waals surface area (Å²) in [5, 5.41) is 1.75. The van der Waals surface area contributed by atoms with E-state index in [1.807, 2.05) is 0 Å². The molecule has 1 heterocycles. The van der Waals surface area contributed by atoms with Gasteiger partial charge in [0.1, 0.15) is 0 Å². The SMILES string of the molecule is O=C(CCNS(=O)(=O)c1ccccc1)NNC(=O)c1cccs1. The van der Waals surface area contributed by atoms with Gasteiger partial charge >= 0.3 is 0 Å². The third-order valence-corrected chi connectivity index (χ3v) is 5.10. The molecular weight excluding hydrogens is 338 g/mol. The van der Waals surface area contributed by atoms with Crippen LogP contribution in [0.25, 0.3) is 0 Å². The van der Waals surface area contributed by atoms with Crippen LogP contribution in [-0.4, -0.2) is 26.8 Å². The maximum absolute atomic E-state index is 11.9. The minimum absolute atomic E-state index is 0.0715. The number of hydrazine groups is 1. The molecule has 0 radical (unpaired) electrons. The molecule has 0 aliphatic heterocycles. The van der Waals surface area contributed by atoms with Gasteiger partial charge in [0.25, 0.3) is 5.91 Å². The highest BCUT2D eigenvalue weighted by Gasteiger charge is 2.13. The van der Waals surface area contributed by atoms with E-state index >= 15 is 0 Å². The van der Waals surface area contributed by atoms with Crippen LogP contribution in [0.15, 0.2) is 52.7 Å². The van der Waals surface area contributed by atoms with Crippen LogP contribution in [0.3, 0.4) is 0 Å². The molecule has 0 fully saturated rings. The summed E-state index contributed by atoms with van der Waals surface area (Å²) in [5.74, 6) is -0.913. The van der Waals surface area contributed by atoms with Crippen molar-refractivity contribution < 1.29 is 18.0 Å². The van der Waals surface area contributed by atoms with Gasteiger partial charge < -0.3 is 0 Å². The summed E-state index contributed by atoms with van der Waals surface area (Å²) in [4.78, 5) is 23.8. The maximum Gasteiger partial charge on any atom is 0.279 e. The lowest BCUT2D eigenvalue weighted by atomic mass is 10.4. The summed E-state index contributed by atoms with van der Waals surface area (Å²) in [6.45, 7) is -0.0715. The Hall–Kier alpha value is -2.23. The van der Waals surface area contributed by atoms with Gasteiger partial charge in [-0.05, 0) is 23.6 Å². The third-order valence-electron chi connectivity index (χ3n) is 2.76. The number of amides is 2. The number of hydrogen-bond acceptors (Lipinski definition) is 5. The number of thiophene rings is 1. The van der Waals surface area contributed by atoms with E-state index < -0.39 is 21.8 Å². The fourth-order valence-electron chi connectivity index (χ4n) is 1.64. The lowest BCUT2D eigenvalue weighted by Gasteiger charge is -2.08. The minimum atomic E-state index is -3.64. The molecular formula is C14H15N3O4S2. The van der Waals surface area contributed by atoms with Gasteiger partial charge in [-0.2, -0.15) is 0 Å². The van der Waals surface area contributed by atoms with Gasteiger partial charge in [-0.3, -0.25) is 20.4 Å². The molecule has 0 saturated carbocycles. The standard InChI is InChI=1S/C14H15N3O4S2/c18-13(16-17-14(19)12-7-4-10-22-12)8-9-15-23(20,21)11-5-2-1-3-6-11/h1-7,10,15H,8-9H2,(H,16,18)(H,17,19). The number of benzene rings is 1. The zero-order valence-electron chi connectivity index (χ0n) is 12.0. The second kappa shape index (κ2) is 7.86. The van der Waals surface area contributed by atoms with E-state index in [1.54, 1.807) is 35.7 Å². The molecule has 0 aliphatic carbocycles. The number of nitrogens with one attached hydrogen (secondary N) is 3. The van der Waals surface area contributed by atoms with Gasteiger partial charge in [-0.1, -0.05) is 24.3 Å². The summed E-state index contributed by atoms with van der Waals surface area (Å²) in [7, 11) is -3.64. The summed E-state index contributed by atoms with van der Waals surface area (Å²) in [6.07, 6.45) is -0.100. The molecule has 2 rings (SSSR count). The zero-order chi connectivity index (χ0) is 16.7. The van der Waals surface area contributed by atoms with Gasteiger partial charge in [0, 0.05) is 13.0 Å². The Morgan fingerprint density at radius 1 is 1.00 bits per heavy atom. The van der Waals surface area contributed by atoms with Crippen LogP contribution in [0.5, 0.6) is 0 Å². The Morgan fingerprint density at radius 3 is 2.39 bits per heavy atom. The van der Waals surface area contributed by atoms with Gasteiger partial charge in [0.05, 0.1) is 9.77 Å². The topological polar surface area (TPSA) is 104 Å². The van der Waals surface area contributed by atoms with Crippen LogP contribution in [0.2, 0.25) is 0 Å². The quantitative estimate of drug-likeness (QED) is 0.671. The molecule has 1 aromatic carbocycles. The first-order chi connectivity index (χ1) is 11.0. The van der Waals surface area contributed by atoms with Crippen molar-refractivity contribution >= 4 is 33.2 Å². The third kappa shape index (κ3) is 5.16. The smallest absolute Gasteiger partial charge is 0.273 e. The first-order valence-corrected chi connectivity index (χ1v) is 9.03. The molecule has 3 N–H and O–H groups in total. The average Bonchev–Trinajstić information content (AvgIpc) is 3.08. The van der Waals surface area contributed by atoms with Crippen molar-refractivity contribution in [2.24, 2.45) is 0 Å². The lowest BCUT2D eigenvalue weighted by Crippen LogP contribution is -2.42. The highest BCUT2D eigenvalue weighted by molar-refractivity contribution is 7.89. The van der Waals surface area contributed by atoms with Crippen LogP contribution in [0, 0.1) is 0 Å². The van der Waals surface area contributed by atoms with E-state index in [1.165, 1.54) is 23.5 Å². The highest BCUT2D eigenvalue weighted by Crippen LogP contribution is 2.07. The first kappa shape index (κ1) is 17.1. The molecule has 23 heavy (non-hydrogen) atoms. The largest absolute Gasteiger partial charge is 0.279 e. The second-order valence-electron chi connectivity index (χ2n) is 4.44. The number of hydrogen-bond donors (Lipinski definition) is 3. The van der Waals surface area contributed by atoms with Crippen LogP contribution in [0.4, 0.5) is 0 Å². The van der Waals surface area contributed by atoms with Crippen molar-refractivity contribution in [2.45, 2.75) is 11.3 Å². The first-order valence-electron chi connectivity index (χ1n) is 6.66. The van der Waals surface area contributed by atoms with E-state index in [9.17, 15) is 18.0 Å². The fraction of sp³-hybridized carbons (Fsp3) is 0.143. The predicted octanol–water partition coefficient (Wildman–Crippen LogP) is 0.878. The van der Waals surface area contributed by atoms with Crippen molar-refractivity contribution in [3.8, 4) is 0 Å². The Morgan fingerprint density at radius 2 is 1.74 bits per heavy atom. The van der Waals surface area contributed by atoms with E-state index in [0.717, 1.165) is 0 Å². The molecule has 122 valence electrons. The molecule has 2 aromatic rings. The fourth-order valence-corrected chi connectivity index (χ4v) is 3.31. The summed E-state index contributed by atoms with van der Waals surface area (Å²) in [6, 6.07) is 11.2. The molecule has 0 atom stereocenters. The van der Waals surface area contributed by atoms with Crippen molar-refractivity contribution in [1.29, 1.82) is 0 Å². The molecule has 0 unspecified atom stereocenters. The van der Waals surface area contributed by atoms with E-state index in [-0.39, 0.29) is 17.9 Å². The molecule has 0 saturated heterocycles. The van der Waals surface area contributed by atoms with E-state index in [4.69, 9.17) is 0 Å². The molecule has 0 bridgehead atoms. The van der Waals surface area contributed by atoms with Crippen molar-refractivity contribution in [2.75, 3.05) is 6.54 Å². The average molecular weight is 353 g/mol. The van der Waals surface area contributed by atoms with Gasteiger partial charge in [0.15, 0.2) is 0 Å². The maximum atomic E-state index is 11.9. The van der Waals surface area contributed by atoms with E-state index in [0.29, 0.717) is 4.88 Å². The molecule has 9 heteroatoms. The summed E-state index contributed by atoms with van der Waals surface area (Å²) < 4.78 is 26.2. The van der Waals surface area contributed by atoms with Gasteiger partial charge in [-0.15, -0.1) is 11.3 Å². The van der Waals surface area contributed by atoms with Gasteiger partial charge in [0.2, 0.25) is 15.9 Å². The second-order valence-corrected chi connectivity index (χ2v) is 7.16. The zero-order valence-corrected chi connectivity index (χ0v) is 13.6. The Bertz CT molecular complexity index is 759. The number of carbonyl (C=O) groups excluding carboxylic acids is 2. The minimum Gasteiger partial charge on any atom is -0.273 e. The number of carbonyl (C=O) groups is 2. The van der Waals surface area contributed by atoms with Crippen molar-refractivity contribution in [3.05, 3.63) is 52.7 Å². The Labute approximate surface area is 137 Å². The molecule has 1 aromatic heterocycles. The molecule has 0 spiro atoms. The molecule has 0 aliphatic rings. The van der Waals surface area contributed by atoms with E-state index in [2.05, 4.69) is 15.6 Å². The highest BCUT2D eigenvalue weighted by atomic mass is 32.2. The Kier molecular flexibility index (Phi) is 5.85. The van der Waals surface area contributed by atoms with Crippen LogP contribution >= 0.6 is 11.3 Å². The summed E-state index contributed by atoms with van der Waals surface area (Å²) >= 11 is 1.25. The van der Waals surface area contributed by atoms with Crippen LogP contribution in [-0.2, 0) is 14.8 Å². The Balaban J connectivity index is 1.74.